The van der Waals surface area contributed by atoms with Crippen molar-refractivity contribution in [2.75, 3.05) is 23.3 Å². The highest BCUT2D eigenvalue weighted by molar-refractivity contribution is 5.94. The van der Waals surface area contributed by atoms with Gasteiger partial charge in [-0.2, -0.15) is 13.2 Å². The average molecular weight is 518 g/mol. The van der Waals surface area contributed by atoms with Crippen LogP contribution in [0.3, 0.4) is 0 Å². The number of amides is 1. The molecular weight excluding hydrogens is 487 g/mol. The quantitative estimate of drug-likeness (QED) is 0.280. The smallest absolute Gasteiger partial charge is 0.356 e. The van der Waals surface area contributed by atoms with Gasteiger partial charge in [0.15, 0.2) is 0 Å². The summed E-state index contributed by atoms with van der Waals surface area (Å²) in [5, 5.41) is 3.83. The molecule has 1 N–H and O–H groups in total. The maximum Gasteiger partial charge on any atom is 0.416 e. The normalized spacial score (nSPS) is 16.0. The van der Waals surface area contributed by atoms with E-state index in [-0.39, 0.29) is 12.3 Å². The number of aromatic nitrogens is 1. The van der Waals surface area contributed by atoms with E-state index in [2.05, 4.69) is 40.5 Å². The molecule has 1 aliphatic rings. The van der Waals surface area contributed by atoms with Crippen LogP contribution in [0.5, 0.6) is 0 Å². The zero-order chi connectivity index (χ0) is 26.5. The molecule has 4 nitrogen and oxygen atoms in total. The second-order valence-electron chi connectivity index (χ2n) is 9.96. The number of pyridine rings is 1. The standard InChI is InChI=1S/C31H30F3N3O/c32-31(33,34)26-12-8-22(9-13-26)10-17-30(38)35-27-14-15-28-25(20-27)11-16-29(36-28)37-18-4-7-24(21-37)19-23-5-2-1-3-6-23/h1-3,5-6,8-9,11-16,20,24H,4,7,10,17-19,21H2,(H,35,38)/t24-/m1/s1. The van der Waals surface area contributed by atoms with Crippen LogP contribution in [0.2, 0.25) is 0 Å². The Kier molecular flexibility index (Phi) is 7.63. The zero-order valence-corrected chi connectivity index (χ0v) is 21.0. The molecule has 0 radical (unpaired) electrons. The molecule has 5 rings (SSSR count). The van der Waals surface area contributed by atoms with Gasteiger partial charge in [0.05, 0.1) is 11.1 Å². The minimum atomic E-state index is -4.36. The van der Waals surface area contributed by atoms with Crippen LogP contribution in [-0.2, 0) is 23.8 Å². The first-order valence-corrected chi connectivity index (χ1v) is 13.0. The van der Waals surface area contributed by atoms with E-state index in [0.29, 0.717) is 23.6 Å². The van der Waals surface area contributed by atoms with Gasteiger partial charge in [0.1, 0.15) is 5.82 Å². The minimum Gasteiger partial charge on any atom is -0.356 e. The van der Waals surface area contributed by atoms with Gasteiger partial charge < -0.3 is 10.2 Å². The van der Waals surface area contributed by atoms with Gasteiger partial charge in [0.2, 0.25) is 5.91 Å². The number of benzene rings is 3. The molecule has 1 atom stereocenters. The SMILES string of the molecule is O=C(CCc1ccc(C(F)(F)F)cc1)Nc1ccc2nc(N3CCC[C@H](Cc4ccccc4)C3)ccc2c1. The van der Waals surface area contributed by atoms with Crippen molar-refractivity contribution in [3.63, 3.8) is 0 Å². The van der Waals surface area contributed by atoms with Gasteiger partial charge in [-0.15, -0.1) is 0 Å². The fraction of sp³-hybridized carbons (Fsp3) is 0.290. The van der Waals surface area contributed by atoms with Crippen molar-refractivity contribution in [1.29, 1.82) is 0 Å². The van der Waals surface area contributed by atoms with Crippen molar-refractivity contribution in [3.8, 4) is 0 Å². The summed E-state index contributed by atoms with van der Waals surface area (Å²) in [5.74, 6) is 1.39. The molecule has 0 saturated carbocycles. The summed E-state index contributed by atoms with van der Waals surface area (Å²) >= 11 is 0. The van der Waals surface area contributed by atoms with E-state index >= 15 is 0 Å². The van der Waals surface area contributed by atoms with E-state index in [1.807, 2.05) is 30.3 Å². The molecule has 38 heavy (non-hydrogen) atoms. The fourth-order valence-electron chi connectivity index (χ4n) is 5.10. The third kappa shape index (κ3) is 6.52. The van der Waals surface area contributed by atoms with E-state index < -0.39 is 11.7 Å². The Balaban J connectivity index is 1.18. The summed E-state index contributed by atoms with van der Waals surface area (Å²) < 4.78 is 38.2. The van der Waals surface area contributed by atoms with Crippen LogP contribution in [-0.4, -0.2) is 24.0 Å². The summed E-state index contributed by atoms with van der Waals surface area (Å²) in [6.45, 7) is 1.98. The first-order chi connectivity index (χ1) is 18.3. The van der Waals surface area contributed by atoms with Crippen LogP contribution in [0.25, 0.3) is 10.9 Å². The molecule has 0 aliphatic carbocycles. The molecule has 1 amide bonds. The van der Waals surface area contributed by atoms with Gasteiger partial charge in [0.25, 0.3) is 0 Å². The Morgan fingerprint density at radius 1 is 0.947 bits per heavy atom. The van der Waals surface area contributed by atoms with Crippen LogP contribution < -0.4 is 10.2 Å². The van der Waals surface area contributed by atoms with Crippen LogP contribution in [0.15, 0.2) is 84.9 Å². The van der Waals surface area contributed by atoms with Crippen LogP contribution >= 0.6 is 0 Å². The summed E-state index contributed by atoms with van der Waals surface area (Å²) in [7, 11) is 0. The number of piperidine rings is 1. The van der Waals surface area contributed by atoms with Crippen molar-refractivity contribution in [3.05, 3.63) is 102 Å². The Morgan fingerprint density at radius 3 is 2.50 bits per heavy atom. The second kappa shape index (κ2) is 11.3. The molecule has 196 valence electrons. The van der Waals surface area contributed by atoms with Gasteiger partial charge in [-0.1, -0.05) is 42.5 Å². The molecular formula is C31H30F3N3O. The Bertz CT molecular complexity index is 1390. The lowest BCUT2D eigenvalue weighted by Crippen LogP contribution is -2.36. The molecule has 1 aliphatic heterocycles. The summed E-state index contributed by atoms with van der Waals surface area (Å²) in [5.41, 5.74) is 2.92. The predicted molar refractivity (Wildman–Crippen MR) is 145 cm³/mol. The van der Waals surface area contributed by atoms with Crippen molar-refractivity contribution >= 4 is 28.3 Å². The number of hydrogen-bond acceptors (Lipinski definition) is 3. The average Bonchev–Trinajstić information content (AvgIpc) is 2.92. The molecule has 0 unspecified atom stereocenters. The number of fused-ring (bicyclic) bond motifs is 1. The van der Waals surface area contributed by atoms with E-state index in [0.717, 1.165) is 54.8 Å². The highest BCUT2D eigenvalue weighted by Gasteiger charge is 2.30. The zero-order valence-electron chi connectivity index (χ0n) is 21.0. The first kappa shape index (κ1) is 25.8. The number of carbonyl (C=O) groups excluding carboxylic acids is 1. The molecule has 1 fully saturated rings. The lowest BCUT2D eigenvalue weighted by molar-refractivity contribution is -0.137. The van der Waals surface area contributed by atoms with Gasteiger partial charge in [0, 0.05) is 30.6 Å². The number of anilines is 2. The van der Waals surface area contributed by atoms with Crippen molar-refractivity contribution in [1.82, 2.24) is 4.98 Å². The maximum atomic E-state index is 12.7. The van der Waals surface area contributed by atoms with Crippen LogP contribution in [0, 0.1) is 5.92 Å². The van der Waals surface area contributed by atoms with E-state index in [1.165, 1.54) is 24.1 Å². The predicted octanol–water partition coefficient (Wildman–Crippen LogP) is 7.28. The number of alkyl halides is 3. The van der Waals surface area contributed by atoms with Gasteiger partial charge >= 0.3 is 6.18 Å². The molecule has 3 aromatic carbocycles. The van der Waals surface area contributed by atoms with Crippen molar-refractivity contribution in [2.45, 2.75) is 38.3 Å². The minimum absolute atomic E-state index is 0.180. The summed E-state index contributed by atoms with van der Waals surface area (Å²) in [6.07, 6.45) is -0.369. The van der Waals surface area contributed by atoms with E-state index in [1.54, 1.807) is 0 Å². The van der Waals surface area contributed by atoms with Crippen LogP contribution in [0.4, 0.5) is 24.7 Å². The van der Waals surface area contributed by atoms with E-state index in [4.69, 9.17) is 4.98 Å². The fourth-order valence-corrected chi connectivity index (χ4v) is 5.10. The number of rotatable bonds is 7. The molecule has 0 bridgehead atoms. The second-order valence-corrected chi connectivity index (χ2v) is 9.96. The molecule has 2 heterocycles. The first-order valence-electron chi connectivity index (χ1n) is 13.0. The molecule has 1 saturated heterocycles. The maximum absolute atomic E-state index is 12.7. The monoisotopic (exact) mass is 517 g/mol. The van der Waals surface area contributed by atoms with E-state index in [9.17, 15) is 18.0 Å². The Morgan fingerprint density at radius 2 is 1.74 bits per heavy atom. The number of hydrogen-bond donors (Lipinski definition) is 1. The van der Waals surface area contributed by atoms with Crippen molar-refractivity contribution < 1.29 is 18.0 Å². The highest BCUT2D eigenvalue weighted by atomic mass is 19.4. The topological polar surface area (TPSA) is 45.2 Å². The van der Waals surface area contributed by atoms with Crippen molar-refractivity contribution in [2.24, 2.45) is 5.92 Å². The number of halogens is 3. The van der Waals surface area contributed by atoms with Crippen LogP contribution in [0.1, 0.15) is 36.0 Å². The number of carbonyl (C=O) groups is 1. The highest BCUT2D eigenvalue weighted by Crippen LogP contribution is 2.30. The Hall–Kier alpha value is -3.87. The summed E-state index contributed by atoms with van der Waals surface area (Å²) in [6, 6.07) is 25.3. The molecule has 7 heteroatoms. The Labute approximate surface area is 220 Å². The molecule has 0 spiro atoms. The lowest BCUT2D eigenvalue weighted by Gasteiger charge is -2.34. The lowest BCUT2D eigenvalue weighted by atomic mass is 9.91. The third-order valence-electron chi connectivity index (χ3n) is 7.09. The third-order valence-corrected chi connectivity index (χ3v) is 7.09. The number of nitrogens with one attached hydrogen (secondary N) is 1. The van der Waals surface area contributed by atoms with Gasteiger partial charge in [-0.3, -0.25) is 4.79 Å². The largest absolute Gasteiger partial charge is 0.416 e. The summed E-state index contributed by atoms with van der Waals surface area (Å²) in [4.78, 5) is 19.7. The number of aryl methyl sites for hydroxylation is 1. The number of nitrogens with zero attached hydrogens (tertiary/aromatic N) is 2. The molecule has 1 aromatic heterocycles. The van der Waals surface area contributed by atoms with Gasteiger partial charge in [-0.25, -0.2) is 4.98 Å². The van der Waals surface area contributed by atoms with Gasteiger partial charge in [-0.05, 0) is 85.2 Å². The molecule has 4 aromatic rings.